The molecule has 134 valence electrons. The van der Waals surface area contributed by atoms with Gasteiger partial charge in [-0.05, 0) is 32.3 Å². The molecule has 0 aromatic carbocycles. The van der Waals surface area contributed by atoms with E-state index in [0.717, 1.165) is 31.9 Å². The molecule has 0 bridgehead atoms. The second-order valence-corrected chi connectivity index (χ2v) is 6.59. The van der Waals surface area contributed by atoms with Gasteiger partial charge in [-0.1, -0.05) is 0 Å². The summed E-state index contributed by atoms with van der Waals surface area (Å²) in [7, 11) is 3.54. The van der Waals surface area contributed by atoms with Gasteiger partial charge in [0.05, 0.1) is 5.69 Å². The highest BCUT2D eigenvalue weighted by molar-refractivity contribution is 5.95. The molecular formula is C17H24N6O2. The van der Waals surface area contributed by atoms with Gasteiger partial charge >= 0.3 is 0 Å². The minimum atomic E-state index is -0.356. The van der Waals surface area contributed by atoms with Crippen LogP contribution in [-0.2, 0) is 14.1 Å². The molecule has 1 N–H and O–H groups in total. The molecule has 1 aliphatic heterocycles. The van der Waals surface area contributed by atoms with Crippen LogP contribution in [0, 0.1) is 13.8 Å². The van der Waals surface area contributed by atoms with Crippen molar-refractivity contribution in [1.29, 1.82) is 0 Å². The molecule has 8 heteroatoms. The molecule has 0 aliphatic carbocycles. The van der Waals surface area contributed by atoms with Crippen LogP contribution < -0.4 is 15.8 Å². The summed E-state index contributed by atoms with van der Waals surface area (Å²) < 4.78 is 3.21. The molecule has 2 aromatic rings. The van der Waals surface area contributed by atoms with Crippen LogP contribution in [0.2, 0.25) is 0 Å². The summed E-state index contributed by atoms with van der Waals surface area (Å²) in [5.74, 6) is 0.637. The van der Waals surface area contributed by atoms with Gasteiger partial charge in [0.1, 0.15) is 5.56 Å². The second kappa shape index (κ2) is 6.70. The van der Waals surface area contributed by atoms with Crippen LogP contribution >= 0.6 is 0 Å². The van der Waals surface area contributed by atoms with Crippen LogP contribution in [0.1, 0.15) is 34.5 Å². The molecule has 1 amide bonds. The summed E-state index contributed by atoms with van der Waals surface area (Å²) >= 11 is 0. The van der Waals surface area contributed by atoms with E-state index in [1.54, 1.807) is 27.1 Å². The van der Waals surface area contributed by atoms with Crippen molar-refractivity contribution < 1.29 is 4.79 Å². The highest BCUT2D eigenvalue weighted by atomic mass is 16.2. The highest BCUT2D eigenvalue weighted by Gasteiger charge is 2.25. The lowest BCUT2D eigenvalue weighted by Gasteiger charge is -2.33. The summed E-state index contributed by atoms with van der Waals surface area (Å²) in [6.07, 6.45) is 5.35. The van der Waals surface area contributed by atoms with Crippen molar-refractivity contribution in [2.75, 3.05) is 18.0 Å². The average molecular weight is 344 g/mol. The Kier molecular flexibility index (Phi) is 4.61. The van der Waals surface area contributed by atoms with Crippen molar-refractivity contribution in [2.24, 2.45) is 14.1 Å². The Balaban J connectivity index is 1.68. The largest absolute Gasteiger partial charge is 0.349 e. The van der Waals surface area contributed by atoms with Crippen molar-refractivity contribution in [3.8, 4) is 0 Å². The SMILES string of the molecule is Cc1nn(C)c(=O)c(C(=O)NC2CCN(c3nccn3C)CC2)c1C. The van der Waals surface area contributed by atoms with E-state index >= 15 is 0 Å². The molecule has 0 saturated carbocycles. The van der Waals surface area contributed by atoms with Crippen molar-refractivity contribution in [2.45, 2.75) is 32.7 Å². The van der Waals surface area contributed by atoms with Gasteiger partial charge < -0.3 is 14.8 Å². The van der Waals surface area contributed by atoms with Crippen LogP contribution in [0.4, 0.5) is 5.95 Å². The summed E-state index contributed by atoms with van der Waals surface area (Å²) in [6.45, 7) is 5.21. The summed E-state index contributed by atoms with van der Waals surface area (Å²) in [6, 6.07) is 0.0570. The Morgan fingerprint density at radius 2 is 1.92 bits per heavy atom. The normalized spacial score (nSPS) is 15.4. The third-order valence-electron chi connectivity index (χ3n) is 4.86. The number of carbonyl (C=O) groups excluding carboxylic acids is 1. The van der Waals surface area contributed by atoms with Gasteiger partial charge in [0.25, 0.3) is 11.5 Å². The summed E-state index contributed by atoms with van der Waals surface area (Å²) in [4.78, 5) is 31.5. The third-order valence-corrected chi connectivity index (χ3v) is 4.86. The maximum atomic E-state index is 12.6. The first-order chi connectivity index (χ1) is 11.9. The van der Waals surface area contributed by atoms with Gasteiger partial charge in [-0.3, -0.25) is 9.59 Å². The molecular weight excluding hydrogens is 320 g/mol. The lowest BCUT2D eigenvalue weighted by Crippen LogP contribution is -2.47. The van der Waals surface area contributed by atoms with Crippen LogP contribution in [0.25, 0.3) is 0 Å². The number of piperidine rings is 1. The van der Waals surface area contributed by atoms with Crippen LogP contribution in [0.15, 0.2) is 17.2 Å². The van der Waals surface area contributed by atoms with E-state index in [-0.39, 0.29) is 23.1 Å². The Hall–Kier alpha value is -2.64. The van der Waals surface area contributed by atoms with Gasteiger partial charge in [0.15, 0.2) is 0 Å². The van der Waals surface area contributed by atoms with Crippen molar-refractivity contribution in [3.05, 3.63) is 39.6 Å². The molecule has 8 nitrogen and oxygen atoms in total. The van der Waals surface area contributed by atoms with Crippen LogP contribution in [0.5, 0.6) is 0 Å². The Morgan fingerprint density at radius 1 is 1.24 bits per heavy atom. The molecule has 0 unspecified atom stereocenters. The minimum Gasteiger partial charge on any atom is -0.349 e. The maximum Gasteiger partial charge on any atom is 0.279 e. The zero-order valence-corrected chi connectivity index (χ0v) is 15.1. The first-order valence-electron chi connectivity index (χ1n) is 8.46. The zero-order chi connectivity index (χ0) is 18.1. The number of hydrogen-bond donors (Lipinski definition) is 1. The molecule has 1 fully saturated rings. The third kappa shape index (κ3) is 3.29. The number of rotatable bonds is 3. The molecule has 1 aliphatic rings. The second-order valence-electron chi connectivity index (χ2n) is 6.59. The maximum absolute atomic E-state index is 12.6. The number of hydrogen-bond acceptors (Lipinski definition) is 5. The first kappa shape index (κ1) is 17.2. The van der Waals surface area contributed by atoms with Crippen molar-refractivity contribution in [3.63, 3.8) is 0 Å². The smallest absolute Gasteiger partial charge is 0.279 e. The monoisotopic (exact) mass is 344 g/mol. The molecule has 0 radical (unpaired) electrons. The molecule has 3 heterocycles. The molecule has 3 rings (SSSR count). The van der Waals surface area contributed by atoms with Gasteiger partial charge in [0.2, 0.25) is 5.95 Å². The first-order valence-corrected chi connectivity index (χ1v) is 8.46. The van der Waals surface area contributed by atoms with E-state index in [1.165, 1.54) is 4.68 Å². The standard InChI is InChI=1S/C17H24N6O2/c1-11-12(2)20-22(4)16(25)14(11)15(24)19-13-5-8-23(9-6-13)17-18-7-10-21(17)3/h7,10,13H,5-6,8-9H2,1-4H3,(H,19,24). The lowest BCUT2D eigenvalue weighted by molar-refractivity contribution is 0.0927. The summed E-state index contributed by atoms with van der Waals surface area (Å²) in [5, 5.41) is 7.14. The fourth-order valence-corrected chi connectivity index (χ4v) is 3.26. The Morgan fingerprint density at radius 3 is 2.52 bits per heavy atom. The van der Waals surface area contributed by atoms with Gasteiger partial charge in [-0.25, -0.2) is 9.67 Å². The van der Waals surface area contributed by atoms with Crippen LogP contribution in [-0.4, -0.2) is 44.4 Å². The number of nitrogens with one attached hydrogen (secondary N) is 1. The van der Waals surface area contributed by atoms with Gasteiger partial charge in [0, 0.05) is 45.6 Å². The topological polar surface area (TPSA) is 85.1 Å². The van der Waals surface area contributed by atoms with Crippen molar-refractivity contribution in [1.82, 2.24) is 24.6 Å². The zero-order valence-electron chi connectivity index (χ0n) is 15.1. The van der Waals surface area contributed by atoms with E-state index in [4.69, 9.17) is 0 Å². The van der Waals surface area contributed by atoms with E-state index in [0.29, 0.717) is 11.3 Å². The molecule has 1 saturated heterocycles. The molecule has 0 spiro atoms. The van der Waals surface area contributed by atoms with Crippen molar-refractivity contribution >= 4 is 11.9 Å². The fraction of sp³-hybridized carbons (Fsp3) is 0.529. The van der Waals surface area contributed by atoms with Gasteiger partial charge in [-0.15, -0.1) is 0 Å². The van der Waals surface area contributed by atoms with Gasteiger partial charge in [-0.2, -0.15) is 5.10 Å². The molecule has 25 heavy (non-hydrogen) atoms. The number of imidazole rings is 1. The Bertz CT molecular complexity index is 845. The predicted molar refractivity (Wildman–Crippen MR) is 94.9 cm³/mol. The van der Waals surface area contributed by atoms with E-state index in [2.05, 4.69) is 20.3 Å². The molecule has 0 atom stereocenters. The Labute approximate surface area is 146 Å². The number of aryl methyl sites for hydroxylation is 3. The fourth-order valence-electron chi connectivity index (χ4n) is 3.26. The number of aromatic nitrogens is 4. The number of carbonyl (C=O) groups is 1. The van der Waals surface area contributed by atoms with E-state index in [1.807, 2.05) is 17.8 Å². The quantitative estimate of drug-likeness (QED) is 0.878. The number of amides is 1. The summed E-state index contributed by atoms with van der Waals surface area (Å²) in [5.41, 5.74) is 1.18. The number of anilines is 1. The van der Waals surface area contributed by atoms with E-state index in [9.17, 15) is 9.59 Å². The minimum absolute atomic E-state index is 0.0570. The average Bonchev–Trinajstić information content (AvgIpc) is 3.00. The highest BCUT2D eigenvalue weighted by Crippen LogP contribution is 2.18. The van der Waals surface area contributed by atoms with Crippen LogP contribution in [0.3, 0.4) is 0 Å². The molecule has 2 aromatic heterocycles. The number of nitrogens with zero attached hydrogens (tertiary/aromatic N) is 5. The van der Waals surface area contributed by atoms with E-state index < -0.39 is 0 Å². The lowest BCUT2D eigenvalue weighted by atomic mass is 10.0. The predicted octanol–water partition coefficient (Wildman–Crippen LogP) is 0.529.